The molecule has 4 aromatic rings. The number of hydrogen-bond acceptors (Lipinski definition) is 0. The molecule has 2 unspecified atom stereocenters. The summed E-state index contributed by atoms with van der Waals surface area (Å²) in [5, 5.41) is 6.38. The zero-order chi connectivity index (χ0) is 38.4. The summed E-state index contributed by atoms with van der Waals surface area (Å²) in [5.74, 6) is 0. The Morgan fingerprint density at radius 1 is 0.462 bits per heavy atom. The molecular weight excluding hydrogens is 871 g/mol. The van der Waals surface area contributed by atoms with Crippen molar-refractivity contribution >= 4 is 70.7 Å². The Morgan fingerprint density at radius 2 is 0.769 bits per heavy atom. The van der Waals surface area contributed by atoms with Crippen LogP contribution in [-0.4, -0.2) is 37.8 Å². The third-order valence-corrected chi connectivity index (χ3v) is 81.0. The van der Waals surface area contributed by atoms with E-state index in [2.05, 4.69) is 198 Å². The summed E-state index contributed by atoms with van der Waals surface area (Å²) in [7, 11) is -5.98. The van der Waals surface area contributed by atoms with Crippen molar-refractivity contribution in [3.63, 3.8) is 0 Å². The van der Waals surface area contributed by atoms with Crippen LogP contribution in [0.1, 0.15) is 29.6 Å². The average molecular weight is 938 g/mol. The van der Waals surface area contributed by atoms with Gasteiger partial charge >= 0.3 is 326 Å². The van der Waals surface area contributed by atoms with E-state index in [-0.39, 0.29) is 0 Å². The van der Waals surface area contributed by atoms with E-state index in [0.717, 1.165) is 0 Å². The normalized spacial score (nSPS) is 17.8. The zero-order valence-corrected chi connectivity index (χ0v) is 44.0. The first-order valence-electron chi connectivity index (χ1n) is 19.8. The molecule has 52 heavy (non-hydrogen) atoms. The molecule has 2 aliphatic carbocycles. The number of fused-ring (bicyclic) bond motifs is 2. The standard InChI is InChI=1S/2C21H27Si2.C2H6Si.2CH3.Hf/c2*1-22(2,3)18-13-17(14-19(15-18)23(4,5)6)21-12-8-10-16-9-7-11-20(16)21;1-3-2;;;/h2*7-15H,1-6H3;1-2H3;2*1H3;. The van der Waals surface area contributed by atoms with E-state index >= 15 is 0 Å². The van der Waals surface area contributed by atoms with E-state index in [1.165, 1.54) is 33.4 Å². The molecule has 4 aromatic carbocycles. The van der Waals surface area contributed by atoms with Crippen LogP contribution in [0.4, 0.5) is 0 Å². The van der Waals surface area contributed by atoms with Crippen LogP contribution in [0.25, 0.3) is 34.4 Å². The molecule has 0 radical (unpaired) electrons. The van der Waals surface area contributed by atoms with E-state index in [9.17, 15) is 0 Å². The van der Waals surface area contributed by atoms with Crippen molar-refractivity contribution in [3.05, 3.63) is 107 Å². The van der Waals surface area contributed by atoms with Crippen LogP contribution in [0.2, 0.25) is 101 Å². The van der Waals surface area contributed by atoms with Gasteiger partial charge in [-0.25, -0.2) is 0 Å². The third kappa shape index (κ3) is 7.00. The van der Waals surface area contributed by atoms with Crippen molar-refractivity contribution in [1.29, 1.82) is 0 Å². The molecule has 6 rings (SSSR count). The van der Waals surface area contributed by atoms with E-state index in [1.54, 1.807) is 31.9 Å². The van der Waals surface area contributed by atoms with Crippen molar-refractivity contribution in [2.24, 2.45) is 0 Å². The van der Waals surface area contributed by atoms with Crippen molar-refractivity contribution in [2.45, 2.75) is 108 Å². The Labute approximate surface area is 323 Å². The number of allylic oxidation sites excluding steroid dienone is 2. The van der Waals surface area contributed by atoms with Gasteiger partial charge in [0.2, 0.25) is 0 Å². The van der Waals surface area contributed by atoms with Crippen molar-refractivity contribution in [2.75, 3.05) is 0 Å². The molecule has 0 fully saturated rings. The SMILES string of the molecule is C[Si](C)=[Hf]([CH3])([CH3])([CH]1C=Cc2c(-c3cc([Si](C)(C)C)cc([Si](C)(C)C)c3)cccc21)[CH]1C=Cc2c(-c3cc([Si](C)(C)C)cc([Si](C)(C)C)c3)cccc21. The summed E-state index contributed by atoms with van der Waals surface area (Å²) < 4.78 is 6.82. The van der Waals surface area contributed by atoms with Crippen molar-refractivity contribution < 1.29 is 17.1 Å². The van der Waals surface area contributed by atoms with Crippen LogP contribution < -0.4 is 20.7 Å². The summed E-state index contributed by atoms with van der Waals surface area (Å²) in [6, 6.07) is 30.0. The summed E-state index contributed by atoms with van der Waals surface area (Å²) in [4.78, 5) is 0. The van der Waals surface area contributed by atoms with Gasteiger partial charge in [-0.3, -0.25) is 0 Å². The fraction of sp³-hybridized carbons (Fsp3) is 0.391. The fourth-order valence-electron chi connectivity index (χ4n) is 8.84. The molecule has 6 heteroatoms. The van der Waals surface area contributed by atoms with Gasteiger partial charge in [0.25, 0.3) is 0 Å². The van der Waals surface area contributed by atoms with Crippen molar-refractivity contribution in [3.8, 4) is 22.3 Å². The molecule has 0 spiro atoms. The summed E-state index contributed by atoms with van der Waals surface area (Å²) in [6.45, 7) is 35.4. The van der Waals surface area contributed by atoms with Gasteiger partial charge in [0, 0.05) is 0 Å². The number of benzene rings is 4. The zero-order valence-electron chi connectivity index (χ0n) is 35.4. The topological polar surface area (TPSA) is 0 Å². The Bertz CT molecular complexity index is 2000. The van der Waals surface area contributed by atoms with E-state index < -0.39 is 54.9 Å². The summed E-state index contributed by atoms with van der Waals surface area (Å²) in [5.41, 5.74) is 11.3. The molecule has 0 amide bonds. The van der Waals surface area contributed by atoms with Gasteiger partial charge in [0.05, 0.1) is 0 Å². The van der Waals surface area contributed by atoms with E-state index in [0.29, 0.717) is 7.35 Å². The van der Waals surface area contributed by atoms with Crippen LogP contribution in [0.5, 0.6) is 0 Å². The molecule has 0 aliphatic heterocycles. The molecule has 0 heterocycles. The second-order valence-electron chi connectivity index (χ2n) is 21.5. The van der Waals surface area contributed by atoms with Gasteiger partial charge in [-0.05, 0) is 0 Å². The average Bonchev–Trinajstić information content (AvgIpc) is 3.69. The maximum atomic E-state index is 2.86. The Morgan fingerprint density at radius 3 is 1.04 bits per heavy atom. The van der Waals surface area contributed by atoms with E-state index in [1.807, 2.05) is 0 Å². The van der Waals surface area contributed by atoms with Crippen LogP contribution >= 0.6 is 0 Å². The van der Waals surface area contributed by atoms with Gasteiger partial charge in [-0.1, -0.05) is 0 Å². The van der Waals surface area contributed by atoms with Gasteiger partial charge in [-0.2, -0.15) is 0 Å². The first kappa shape index (κ1) is 40.0. The predicted molar refractivity (Wildman–Crippen MR) is 248 cm³/mol. The monoisotopic (exact) mass is 938 g/mol. The van der Waals surface area contributed by atoms with Crippen LogP contribution in [0, 0.1) is 0 Å². The Balaban J connectivity index is 1.50. The molecule has 2 aliphatic rings. The minimum absolute atomic E-state index is 0.547. The first-order chi connectivity index (χ1) is 23.8. The first-order valence-corrected chi connectivity index (χ1v) is 53.0. The Kier molecular flexibility index (Phi) is 10.2. The molecule has 0 nitrogen and oxygen atoms in total. The second kappa shape index (κ2) is 13.2. The van der Waals surface area contributed by atoms with Gasteiger partial charge in [0.15, 0.2) is 0 Å². The molecule has 0 saturated carbocycles. The molecule has 0 bridgehead atoms. The molecule has 0 N–H and O–H groups in total. The molecule has 274 valence electrons. The molecular formula is C46H66HfSi5. The molecule has 0 saturated heterocycles. The van der Waals surface area contributed by atoms with Crippen LogP contribution in [0.15, 0.2) is 84.9 Å². The van der Waals surface area contributed by atoms with Gasteiger partial charge in [-0.15, -0.1) is 0 Å². The fourth-order valence-corrected chi connectivity index (χ4v) is 47.6. The van der Waals surface area contributed by atoms with Gasteiger partial charge < -0.3 is 0 Å². The van der Waals surface area contributed by atoms with Crippen LogP contribution in [-0.2, 0) is 17.1 Å². The van der Waals surface area contributed by atoms with E-state index in [4.69, 9.17) is 0 Å². The minimum atomic E-state index is -3.83. The van der Waals surface area contributed by atoms with Gasteiger partial charge in [0.1, 0.15) is 0 Å². The third-order valence-electron chi connectivity index (χ3n) is 13.3. The Hall–Kier alpha value is -1.69. The second-order valence-corrected chi connectivity index (χ2v) is 90.7. The number of hydrogen-bond donors (Lipinski definition) is 0. The molecule has 2 atom stereocenters. The summed E-state index contributed by atoms with van der Waals surface area (Å²) in [6.07, 6.45) is 10.5. The quantitative estimate of drug-likeness (QED) is 0.154. The van der Waals surface area contributed by atoms with Crippen molar-refractivity contribution in [1.82, 2.24) is 0 Å². The maximum absolute atomic E-state index is 3.83. The predicted octanol–water partition coefficient (Wildman–Crippen LogP) is 12.1. The van der Waals surface area contributed by atoms with Crippen LogP contribution in [0.3, 0.4) is 0 Å². The summed E-state index contributed by atoms with van der Waals surface area (Å²) >= 11 is -3.83. The number of rotatable bonds is 8. The molecule has 0 aromatic heterocycles.